The zero-order valence-electron chi connectivity index (χ0n) is 11.6. The maximum atomic E-state index is 13.2. The lowest BCUT2D eigenvalue weighted by atomic mass is 9.96. The number of nitrogens with one attached hydrogen (secondary N) is 1. The molecule has 1 aliphatic rings. The van der Waals surface area contributed by atoms with E-state index in [4.69, 9.17) is 0 Å². The van der Waals surface area contributed by atoms with Crippen LogP contribution in [0.3, 0.4) is 0 Å². The summed E-state index contributed by atoms with van der Waals surface area (Å²) in [7, 11) is 0. The van der Waals surface area contributed by atoms with E-state index < -0.39 is 0 Å². The highest BCUT2D eigenvalue weighted by Crippen LogP contribution is 2.21. The molecule has 0 atom stereocenters. The summed E-state index contributed by atoms with van der Waals surface area (Å²) in [6, 6.07) is 7.25. The molecule has 0 spiro atoms. The van der Waals surface area contributed by atoms with Crippen LogP contribution in [0.1, 0.15) is 37.7 Å². The first-order valence-electron chi connectivity index (χ1n) is 7.33. The van der Waals surface area contributed by atoms with Gasteiger partial charge < -0.3 is 9.88 Å². The minimum absolute atomic E-state index is 0.190. The molecule has 106 valence electrons. The SMILES string of the molecule is Fc1cccc(Cn2ccnc2NC2CCCCC2)c1. The highest BCUT2D eigenvalue weighted by Gasteiger charge is 2.15. The van der Waals surface area contributed by atoms with Crippen LogP contribution in [0.2, 0.25) is 0 Å². The van der Waals surface area contributed by atoms with Crippen molar-refractivity contribution in [2.75, 3.05) is 5.32 Å². The number of nitrogens with zero attached hydrogens (tertiary/aromatic N) is 2. The molecule has 4 heteroatoms. The summed E-state index contributed by atoms with van der Waals surface area (Å²) in [5.74, 6) is 0.700. The minimum Gasteiger partial charge on any atom is -0.353 e. The third-order valence-electron chi connectivity index (χ3n) is 3.90. The van der Waals surface area contributed by atoms with Crippen LogP contribution in [0.15, 0.2) is 36.7 Å². The van der Waals surface area contributed by atoms with E-state index in [0.717, 1.165) is 11.5 Å². The second-order valence-corrected chi connectivity index (χ2v) is 5.49. The maximum Gasteiger partial charge on any atom is 0.203 e. The number of aromatic nitrogens is 2. The summed E-state index contributed by atoms with van der Waals surface area (Å²) in [5, 5.41) is 3.52. The Morgan fingerprint density at radius 2 is 2.10 bits per heavy atom. The van der Waals surface area contributed by atoms with Crippen LogP contribution in [-0.4, -0.2) is 15.6 Å². The lowest BCUT2D eigenvalue weighted by Gasteiger charge is -2.23. The fourth-order valence-corrected chi connectivity index (χ4v) is 2.84. The van der Waals surface area contributed by atoms with E-state index in [2.05, 4.69) is 10.3 Å². The Morgan fingerprint density at radius 3 is 2.90 bits per heavy atom. The van der Waals surface area contributed by atoms with E-state index in [1.165, 1.54) is 38.2 Å². The molecule has 20 heavy (non-hydrogen) atoms. The average Bonchev–Trinajstić information content (AvgIpc) is 2.87. The van der Waals surface area contributed by atoms with Crippen LogP contribution in [0.5, 0.6) is 0 Å². The number of hydrogen-bond donors (Lipinski definition) is 1. The van der Waals surface area contributed by atoms with Gasteiger partial charge in [0.25, 0.3) is 0 Å². The van der Waals surface area contributed by atoms with Crippen LogP contribution in [0, 0.1) is 5.82 Å². The van der Waals surface area contributed by atoms with Crippen molar-refractivity contribution < 1.29 is 4.39 Å². The maximum absolute atomic E-state index is 13.2. The van der Waals surface area contributed by atoms with E-state index >= 15 is 0 Å². The lowest BCUT2D eigenvalue weighted by molar-refractivity contribution is 0.459. The Kier molecular flexibility index (Phi) is 4.00. The van der Waals surface area contributed by atoms with E-state index in [1.54, 1.807) is 18.3 Å². The topological polar surface area (TPSA) is 29.9 Å². The average molecular weight is 273 g/mol. The third-order valence-corrected chi connectivity index (χ3v) is 3.90. The van der Waals surface area contributed by atoms with E-state index in [1.807, 2.05) is 16.8 Å². The molecule has 2 aromatic rings. The molecule has 1 N–H and O–H groups in total. The molecule has 1 aromatic heterocycles. The molecule has 0 unspecified atom stereocenters. The molecule has 0 aliphatic heterocycles. The molecule has 0 bridgehead atoms. The first-order chi connectivity index (χ1) is 9.81. The molecular formula is C16H20FN3. The van der Waals surface area contributed by atoms with Gasteiger partial charge in [0.05, 0.1) is 6.54 Å². The van der Waals surface area contributed by atoms with Gasteiger partial charge in [-0.25, -0.2) is 9.37 Å². The van der Waals surface area contributed by atoms with Gasteiger partial charge in [-0.3, -0.25) is 0 Å². The molecule has 1 saturated carbocycles. The van der Waals surface area contributed by atoms with Crippen LogP contribution < -0.4 is 5.32 Å². The number of hydrogen-bond acceptors (Lipinski definition) is 2. The van der Waals surface area contributed by atoms with E-state index in [9.17, 15) is 4.39 Å². The highest BCUT2D eigenvalue weighted by molar-refractivity contribution is 5.29. The largest absolute Gasteiger partial charge is 0.353 e. The molecule has 0 amide bonds. The predicted molar refractivity (Wildman–Crippen MR) is 78.2 cm³/mol. The monoisotopic (exact) mass is 273 g/mol. The summed E-state index contributed by atoms with van der Waals surface area (Å²) in [5.41, 5.74) is 0.953. The first-order valence-corrected chi connectivity index (χ1v) is 7.33. The Labute approximate surface area is 118 Å². The summed E-state index contributed by atoms with van der Waals surface area (Å²) in [6.07, 6.45) is 10.1. The molecule has 3 nitrogen and oxygen atoms in total. The van der Waals surface area contributed by atoms with Gasteiger partial charge in [0.2, 0.25) is 5.95 Å². The number of rotatable bonds is 4. The number of halogens is 1. The Hall–Kier alpha value is -1.84. The molecule has 0 saturated heterocycles. The van der Waals surface area contributed by atoms with Gasteiger partial charge in [-0.05, 0) is 30.5 Å². The van der Waals surface area contributed by atoms with Crippen LogP contribution in [0.25, 0.3) is 0 Å². The van der Waals surface area contributed by atoms with Crippen LogP contribution >= 0.6 is 0 Å². The molecule has 1 aromatic carbocycles. The van der Waals surface area contributed by atoms with Gasteiger partial charge in [-0.1, -0.05) is 31.4 Å². The molecule has 0 radical (unpaired) electrons. The highest BCUT2D eigenvalue weighted by atomic mass is 19.1. The second-order valence-electron chi connectivity index (χ2n) is 5.49. The van der Waals surface area contributed by atoms with Crippen molar-refractivity contribution in [2.45, 2.75) is 44.7 Å². The van der Waals surface area contributed by atoms with E-state index in [-0.39, 0.29) is 5.82 Å². The lowest BCUT2D eigenvalue weighted by Crippen LogP contribution is -2.24. The molecule has 1 aliphatic carbocycles. The smallest absolute Gasteiger partial charge is 0.203 e. The van der Waals surface area contributed by atoms with Crippen molar-refractivity contribution in [3.05, 3.63) is 48.0 Å². The van der Waals surface area contributed by atoms with Crippen LogP contribution in [0.4, 0.5) is 10.3 Å². The number of anilines is 1. The molecular weight excluding hydrogens is 253 g/mol. The molecule has 1 heterocycles. The number of imidazole rings is 1. The molecule has 1 fully saturated rings. The standard InChI is InChI=1S/C16H20FN3/c17-14-6-4-5-13(11-14)12-20-10-9-18-16(20)19-15-7-2-1-3-8-15/h4-6,9-11,15H,1-3,7-8,12H2,(H,18,19). The van der Waals surface area contributed by atoms with Crippen molar-refractivity contribution in [3.8, 4) is 0 Å². The summed E-state index contributed by atoms with van der Waals surface area (Å²) in [6.45, 7) is 0.646. The quantitative estimate of drug-likeness (QED) is 0.918. The number of benzene rings is 1. The van der Waals surface area contributed by atoms with Crippen molar-refractivity contribution >= 4 is 5.95 Å². The minimum atomic E-state index is -0.190. The normalized spacial score (nSPS) is 16.2. The van der Waals surface area contributed by atoms with Gasteiger partial charge in [0.15, 0.2) is 0 Å². The van der Waals surface area contributed by atoms with Crippen molar-refractivity contribution in [2.24, 2.45) is 0 Å². The van der Waals surface area contributed by atoms with Crippen molar-refractivity contribution in [1.82, 2.24) is 9.55 Å². The van der Waals surface area contributed by atoms with Gasteiger partial charge in [-0.2, -0.15) is 0 Å². The fraction of sp³-hybridized carbons (Fsp3) is 0.438. The molecule has 3 rings (SSSR count). The van der Waals surface area contributed by atoms with E-state index in [0.29, 0.717) is 12.6 Å². The summed E-state index contributed by atoms with van der Waals surface area (Å²) in [4.78, 5) is 4.39. The fourth-order valence-electron chi connectivity index (χ4n) is 2.84. The summed E-state index contributed by atoms with van der Waals surface area (Å²) >= 11 is 0. The van der Waals surface area contributed by atoms with Gasteiger partial charge in [0, 0.05) is 18.4 Å². The van der Waals surface area contributed by atoms with Gasteiger partial charge in [-0.15, -0.1) is 0 Å². The Morgan fingerprint density at radius 1 is 1.25 bits per heavy atom. The Bertz CT molecular complexity index is 558. The zero-order chi connectivity index (χ0) is 13.8. The Balaban J connectivity index is 1.69. The van der Waals surface area contributed by atoms with Crippen molar-refractivity contribution in [1.29, 1.82) is 0 Å². The zero-order valence-corrected chi connectivity index (χ0v) is 11.6. The van der Waals surface area contributed by atoms with Gasteiger partial charge in [0.1, 0.15) is 5.82 Å². The summed E-state index contributed by atoms with van der Waals surface area (Å²) < 4.78 is 15.3. The van der Waals surface area contributed by atoms with Crippen molar-refractivity contribution in [3.63, 3.8) is 0 Å². The first kappa shape index (κ1) is 13.2. The third kappa shape index (κ3) is 3.18. The second kappa shape index (κ2) is 6.07. The predicted octanol–water partition coefficient (Wildman–Crippen LogP) is 3.82. The van der Waals surface area contributed by atoms with Gasteiger partial charge >= 0.3 is 0 Å². The van der Waals surface area contributed by atoms with Crippen LogP contribution in [-0.2, 0) is 6.54 Å².